The fraction of sp³-hybridized carbons (Fsp3) is 0.111. The number of nitrogens with zero attached hydrogens (tertiary/aromatic N) is 4. The van der Waals surface area contributed by atoms with Crippen LogP contribution in [-0.4, -0.2) is 25.4 Å². The van der Waals surface area contributed by atoms with Crippen molar-refractivity contribution >= 4 is 39.0 Å². The van der Waals surface area contributed by atoms with E-state index in [-0.39, 0.29) is 0 Å². The van der Waals surface area contributed by atoms with Gasteiger partial charge in [-0.3, -0.25) is 5.10 Å². The molecule has 0 aliphatic heterocycles. The van der Waals surface area contributed by atoms with Gasteiger partial charge in [0.05, 0.1) is 14.4 Å². The lowest BCUT2D eigenvalue weighted by molar-refractivity contribution is 0.529. The average Bonchev–Trinajstić information content (AvgIpc) is 3.07. The predicted molar refractivity (Wildman–Crippen MR) is 71.3 cm³/mol. The van der Waals surface area contributed by atoms with E-state index in [2.05, 4.69) is 41.3 Å². The van der Waals surface area contributed by atoms with Crippen LogP contribution in [0.4, 0.5) is 0 Å². The van der Waals surface area contributed by atoms with E-state index in [1.807, 2.05) is 12.1 Å². The molecule has 0 atom stereocenters. The molecule has 0 saturated carbocycles. The van der Waals surface area contributed by atoms with Gasteiger partial charge in [-0.25, -0.2) is 4.98 Å². The summed E-state index contributed by atoms with van der Waals surface area (Å²) in [7, 11) is 0. The summed E-state index contributed by atoms with van der Waals surface area (Å²) in [5, 5.41) is 15.3. The van der Waals surface area contributed by atoms with Crippen LogP contribution in [0.3, 0.4) is 0 Å². The quantitative estimate of drug-likeness (QED) is 0.733. The van der Waals surface area contributed by atoms with E-state index in [0.29, 0.717) is 17.5 Å². The number of nitrogens with one attached hydrogen (secondary N) is 1. The molecule has 3 rings (SSSR count). The van der Waals surface area contributed by atoms with Crippen molar-refractivity contribution in [3.05, 3.63) is 28.1 Å². The summed E-state index contributed by atoms with van der Waals surface area (Å²) < 4.78 is 6.60. The van der Waals surface area contributed by atoms with Gasteiger partial charge in [-0.05, 0) is 28.1 Å². The summed E-state index contributed by atoms with van der Waals surface area (Å²) in [6, 6.07) is 3.89. The molecule has 6 nitrogen and oxygen atoms in total. The van der Waals surface area contributed by atoms with Crippen molar-refractivity contribution in [2.75, 3.05) is 0 Å². The van der Waals surface area contributed by atoms with Crippen molar-refractivity contribution in [2.45, 2.75) is 10.9 Å². The zero-order valence-electron chi connectivity index (χ0n) is 8.83. The van der Waals surface area contributed by atoms with Crippen molar-refractivity contribution in [3.8, 4) is 10.8 Å². The Kier molecular flexibility index (Phi) is 3.43. The Bertz CT molecular complexity index is 635. The number of hydrogen-bond acceptors (Lipinski definition) is 7. The first-order valence-corrected chi connectivity index (χ1v) is 7.47. The molecule has 3 heterocycles. The van der Waals surface area contributed by atoms with Crippen molar-refractivity contribution in [2.24, 2.45) is 0 Å². The smallest absolute Gasteiger partial charge is 0.257 e. The maximum Gasteiger partial charge on any atom is 0.257 e. The van der Waals surface area contributed by atoms with Gasteiger partial charge in [0, 0.05) is 0 Å². The maximum absolute atomic E-state index is 5.57. The van der Waals surface area contributed by atoms with Gasteiger partial charge in [0.25, 0.3) is 5.89 Å². The summed E-state index contributed by atoms with van der Waals surface area (Å²) in [5.41, 5.74) is 0. The second-order valence-electron chi connectivity index (χ2n) is 3.18. The van der Waals surface area contributed by atoms with E-state index in [4.69, 9.17) is 4.42 Å². The third-order valence-corrected chi connectivity index (χ3v) is 4.45. The summed E-state index contributed by atoms with van der Waals surface area (Å²) in [4.78, 5) is 4.95. The van der Waals surface area contributed by atoms with E-state index in [1.54, 1.807) is 11.3 Å². The third kappa shape index (κ3) is 2.62. The molecule has 0 fully saturated rings. The van der Waals surface area contributed by atoms with Gasteiger partial charge in [-0.1, -0.05) is 11.8 Å². The molecule has 3 aromatic heterocycles. The van der Waals surface area contributed by atoms with Crippen LogP contribution in [0.1, 0.15) is 5.89 Å². The highest BCUT2D eigenvalue weighted by Crippen LogP contribution is 2.30. The van der Waals surface area contributed by atoms with E-state index in [0.717, 1.165) is 13.8 Å². The van der Waals surface area contributed by atoms with E-state index in [1.165, 1.54) is 18.1 Å². The Labute approximate surface area is 118 Å². The number of thioether (sulfide) groups is 1. The summed E-state index contributed by atoms with van der Waals surface area (Å²) >= 11 is 6.42. The molecule has 0 unspecified atom stereocenters. The number of H-pyrrole nitrogens is 1. The fourth-order valence-corrected chi connectivity index (χ4v) is 3.16. The molecule has 0 radical (unpaired) electrons. The minimum atomic E-state index is 0.541. The maximum atomic E-state index is 5.57. The Morgan fingerprint density at radius 3 is 3.06 bits per heavy atom. The van der Waals surface area contributed by atoms with Crippen LogP contribution in [-0.2, 0) is 5.75 Å². The standard InChI is InChI=1S/C9H6BrN5OS2/c10-6-2-1-5(18-6)8-14-13-7(16-8)3-17-9-11-4-12-15-9/h1-2,4H,3H2,(H,11,12,15). The van der Waals surface area contributed by atoms with Gasteiger partial charge in [0.1, 0.15) is 6.33 Å². The van der Waals surface area contributed by atoms with Gasteiger partial charge in [0.2, 0.25) is 5.89 Å². The van der Waals surface area contributed by atoms with Crippen molar-refractivity contribution in [1.82, 2.24) is 25.4 Å². The number of halogens is 1. The van der Waals surface area contributed by atoms with Crippen LogP contribution >= 0.6 is 39.0 Å². The molecule has 0 aliphatic rings. The van der Waals surface area contributed by atoms with Crippen molar-refractivity contribution < 1.29 is 4.42 Å². The summed E-state index contributed by atoms with van der Waals surface area (Å²) in [6.45, 7) is 0. The number of aromatic nitrogens is 5. The molecule has 9 heteroatoms. The van der Waals surface area contributed by atoms with Crippen LogP contribution in [0.2, 0.25) is 0 Å². The second-order valence-corrected chi connectivity index (χ2v) is 6.61. The molecular formula is C9H6BrN5OS2. The largest absolute Gasteiger partial charge is 0.419 e. The molecule has 0 aliphatic carbocycles. The van der Waals surface area contributed by atoms with Crippen LogP contribution < -0.4 is 0 Å². The first kappa shape index (κ1) is 11.9. The van der Waals surface area contributed by atoms with Gasteiger partial charge >= 0.3 is 0 Å². The van der Waals surface area contributed by atoms with Crippen molar-refractivity contribution in [3.63, 3.8) is 0 Å². The number of hydrogen-bond donors (Lipinski definition) is 1. The molecule has 18 heavy (non-hydrogen) atoms. The SMILES string of the molecule is Brc1ccc(-c2nnc(CSc3ncn[nH]3)o2)s1. The lowest BCUT2D eigenvalue weighted by atomic mass is 10.5. The lowest BCUT2D eigenvalue weighted by Crippen LogP contribution is -1.81. The van der Waals surface area contributed by atoms with E-state index in [9.17, 15) is 0 Å². The molecule has 92 valence electrons. The highest BCUT2D eigenvalue weighted by atomic mass is 79.9. The van der Waals surface area contributed by atoms with Gasteiger partial charge in [0.15, 0.2) is 5.16 Å². The Balaban J connectivity index is 1.70. The first-order chi connectivity index (χ1) is 8.81. The minimum absolute atomic E-state index is 0.541. The van der Waals surface area contributed by atoms with E-state index >= 15 is 0 Å². The Hall–Kier alpha value is -1.19. The predicted octanol–water partition coefficient (Wildman–Crippen LogP) is 2.97. The normalized spacial score (nSPS) is 10.9. The monoisotopic (exact) mass is 343 g/mol. The Morgan fingerprint density at radius 2 is 2.33 bits per heavy atom. The zero-order valence-corrected chi connectivity index (χ0v) is 12.0. The van der Waals surface area contributed by atoms with Crippen LogP contribution in [0, 0.1) is 0 Å². The lowest BCUT2D eigenvalue weighted by Gasteiger charge is -1.90. The van der Waals surface area contributed by atoms with Gasteiger partial charge < -0.3 is 4.42 Å². The van der Waals surface area contributed by atoms with Crippen LogP contribution in [0.25, 0.3) is 10.8 Å². The average molecular weight is 344 g/mol. The van der Waals surface area contributed by atoms with Gasteiger partial charge in [-0.2, -0.15) is 5.10 Å². The molecular weight excluding hydrogens is 338 g/mol. The molecule has 0 amide bonds. The summed E-state index contributed by atoms with van der Waals surface area (Å²) in [6.07, 6.45) is 1.46. The number of thiophene rings is 1. The van der Waals surface area contributed by atoms with E-state index < -0.39 is 0 Å². The van der Waals surface area contributed by atoms with Crippen molar-refractivity contribution in [1.29, 1.82) is 0 Å². The first-order valence-electron chi connectivity index (χ1n) is 4.87. The molecule has 1 N–H and O–H groups in total. The van der Waals surface area contributed by atoms with Crippen LogP contribution in [0.15, 0.2) is 31.8 Å². The molecule has 0 spiro atoms. The second kappa shape index (κ2) is 5.21. The highest BCUT2D eigenvalue weighted by molar-refractivity contribution is 9.11. The third-order valence-electron chi connectivity index (χ3n) is 1.98. The van der Waals surface area contributed by atoms with Crippen LogP contribution in [0.5, 0.6) is 0 Å². The fourth-order valence-electron chi connectivity index (χ4n) is 1.23. The molecule has 3 aromatic rings. The number of rotatable bonds is 4. The minimum Gasteiger partial charge on any atom is -0.419 e. The Morgan fingerprint density at radius 1 is 1.39 bits per heavy atom. The van der Waals surface area contributed by atoms with Gasteiger partial charge in [-0.15, -0.1) is 21.5 Å². The molecule has 0 bridgehead atoms. The summed E-state index contributed by atoms with van der Waals surface area (Å²) in [5.74, 6) is 1.67. The topological polar surface area (TPSA) is 80.5 Å². The molecule has 0 aromatic carbocycles. The highest BCUT2D eigenvalue weighted by Gasteiger charge is 2.11. The number of aromatic amines is 1. The molecule has 0 saturated heterocycles. The zero-order chi connectivity index (χ0) is 12.4.